The van der Waals surface area contributed by atoms with Crippen molar-refractivity contribution in [2.75, 3.05) is 30.9 Å². The summed E-state index contributed by atoms with van der Waals surface area (Å²) >= 11 is 0. The summed E-state index contributed by atoms with van der Waals surface area (Å²) in [7, 11) is -0.0147. The zero-order chi connectivity index (χ0) is 23.3. The number of nitrogens with one attached hydrogen (secondary N) is 1. The smallest absolute Gasteiger partial charge is 0.243 e. The van der Waals surface area contributed by atoms with Crippen LogP contribution in [-0.4, -0.2) is 39.3 Å². The summed E-state index contributed by atoms with van der Waals surface area (Å²) in [6.45, 7) is 2.39. The van der Waals surface area contributed by atoms with Gasteiger partial charge in [0.05, 0.1) is 4.90 Å². The molecule has 2 aromatic carbocycles. The number of rotatable bonds is 9. The SMILES string of the molecule is CCCN(Cc1cc(NC(=O)C2CCCC2)ccc1N(C)C)S(=O)(=O)c1ccc(F)cc1. The van der Waals surface area contributed by atoms with E-state index < -0.39 is 15.8 Å². The fourth-order valence-electron chi connectivity index (χ4n) is 4.14. The Morgan fingerprint density at radius 1 is 1.09 bits per heavy atom. The van der Waals surface area contributed by atoms with Crippen LogP contribution in [0.15, 0.2) is 47.4 Å². The van der Waals surface area contributed by atoms with Crippen LogP contribution in [0.1, 0.15) is 44.6 Å². The van der Waals surface area contributed by atoms with Gasteiger partial charge in [-0.2, -0.15) is 4.31 Å². The van der Waals surface area contributed by atoms with Crippen LogP contribution in [0.5, 0.6) is 0 Å². The van der Waals surface area contributed by atoms with E-state index in [4.69, 9.17) is 0 Å². The molecule has 174 valence electrons. The number of carbonyl (C=O) groups is 1. The number of hydrogen-bond acceptors (Lipinski definition) is 4. The molecular weight excluding hydrogens is 429 g/mol. The van der Waals surface area contributed by atoms with Gasteiger partial charge in [0, 0.05) is 44.5 Å². The molecule has 0 saturated heterocycles. The molecule has 0 radical (unpaired) electrons. The van der Waals surface area contributed by atoms with Gasteiger partial charge in [-0.1, -0.05) is 19.8 Å². The Morgan fingerprint density at radius 3 is 2.34 bits per heavy atom. The third-order valence-electron chi connectivity index (χ3n) is 5.83. The second-order valence-corrected chi connectivity index (χ2v) is 10.4. The molecule has 0 aliphatic heterocycles. The van der Waals surface area contributed by atoms with Crippen molar-refractivity contribution in [2.45, 2.75) is 50.5 Å². The van der Waals surface area contributed by atoms with Gasteiger partial charge in [0.15, 0.2) is 0 Å². The molecule has 1 aliphatic carbocycles. The molecule has 1 amide bonds. The van der Waals surface area contributed by atoms with Crippen molar-refractivity contribution in [3.63, 3.8) is 0 Å². The quantitative estimate of drug-likeness (QED) is 0.592. The molecule has 8 heteroatoms. The number of hydrogen-bond donors (Lipinski definition) is 1. The molecule has 0 atom stereocenters. The summed E-state index contributed by atoms with van der Waals surface area (Å²) in [5, 5.41) is 3.01. The van der Waals surface area contributed by atoms with E-state index in [0.29, 0.717) is 18.7 Å². The normalized spacial score (nSPS) is 14.7. The number of nitrogens with zero attached hydrogens (tertiary/aromatic N) is 2. The summed E-state index contributed by atoms with van der Waals surface area (Å²) in [4.78, 5) is 14.6. The Balaban J connectivity index is 1.90. The minimum atomic E-state index is -3.81. The molecule has 1 fully saturated rings. The molecular formula is C24H32FN3O3S. The average Bonchev–Trinajstić information content (AvgIpc) is 3.29. The highest BCUT2D eigenvalue weighted by molar-refractivity contribution is 7.89. The third-order valence-corrected chi connectivity index (χ3v) is 7.69. The Labute approximate surface area is 190 Å². The predicted molar refractivity (Wildman–Crippen MR) is 126 cm³/mol. The molecule has 0 unspecified atom stereocenters. The highest BCUT2D eigenvalue weighted by atomic mass is 32.2. The van der Waals surface area contributed by atoms with Crippen molar-refractivity contribution < 1.29 is 17.6 Å². The van der Waals surface area contributed by atoms with Crippen molar-refractivity contribution >= 4 is 27.3 Å². The molecule has 1 aliphatic rings. The van der Waals surface area contributed by atoms with Gasteiger partial charge in [0.25, 0.3) is 0 Å². The van der Waals surface area contributed by atoms with Gasteiger partial charge in [0.2, 0.25) is 15.9 Å². The van der Waals surface area contributed by atoms with Crippen LogP contribution >= 0.6 is 0 Å². The zero-order valence-electron chi connectivity index (χ0n) is 19.0. The summed E-state index contributed by atoms with van der Waals surface area (Å²) in [6.07, 6.45) is 4.62. The maximum Gasteiger partial charge on any atom is 0.243 e. The topological polar surface area (TPSA) is 69.7 Å². The molecule has 1 N–H and O–H groups in total. The van der Waals surface area contributed by atoms with Crippen LogP contribution in [0.2, 0.25) is 0 Å². The van der Waals surface area contributed by atoms with Crippen LogP contribution in [-0.2, 0) is 21.4 Å². The first-order valence-electron chi connectivity index (χ1n) is 11.1. The summed E-state index contributed by atoms with van der Waals surface area (Å²) in [5.41, 5.74) is 2.33. The number of anilines is 2. The van der Waals surface area contributed by atoms with Crippen molar-refractivity contribution in [3.8, 4) is 0 Å². The van der Waals surface area contributed by atoms with Crippen molar-refractivity contribution in [2.24, 2.45) is 5.92 Å². The van der Waals surface area contributed by atoms with Crippen LogP contribution in [0.4, 0.5) is 15.8 Å². The first-order valence-corrected chi connectivity index (χ1v) is 12.5. The largest absolute Gasteiger partial charge is 0.377 e. The molecule has 0 heterocycles. The van der Waals surface area contributed by atoms with E-state index in [9.17, 15) is 17.6 Å². The van der Waals surface area contributed by atoms with Crippen molar-refractivity contribution in [1.29, 1.82) is 0 Å². The Bertz CT molecular complexity index is 1030. The standard InChI is InChI=1S/C24H32FN3O3S/c1-4-15-28(32(30,31)22-12-9-20(25)10-13-22)17-19-16-21(11-14-23(19)27(2)3)26-24(29)18-7-5-6-8-18/h9-14,16,18H,4-8,15,17H2,1-3H3,(H,26,29). The second kappa shape index (κ2) is 10.4. The van der Waals surface area contributed by atoms with Crippen LogP contribution in [0.25, 0.3) is 0 Å². The number of sulfonamides is 1. The van der Waals surface area contributed by atoms with Gasteiger partial charge >= 0.3 is 0 Å². The lowest BCUT2D eigenvalue weighted by molar-refractivity contribution is -0.119. The highest BCUT2D eigenvalue weighted by Gasteiger charge is 2.26. The van der Waals surface area contributed by atoms with Crippen LogP contribution in [0.3, 0.4) is 0 Å². The lowest BCUT2D eigenvalue weighted by Gasteiger charge is -2.25. The maximum absolute atomic E-state index is 13.3. The van der Waals surface area contributed by atoms with Gasteiger partial charge in [-0.05, 0) is 67.3 Å². The van der Waals surface area contributed by atoms with Crippen LogP contribution < -0.4 is 10.2 Å². The number of carbonyl (C=O) groups excluding carboxylic acids is 1. The van der Waals surface area contributed by atoms with Crippen LogP contribution in [0, 0.1) is 11.7 Å². The molecule has 6 nitrogen and oxygen atoms in total. The molecule has 0 aromatic heterocycles. The van der Waals surface area contributed by atoms with E-state index in [0.717, 1.165) is 49.1 Å². The minimum absolute atomic E-state index is 0.0235. The highest BCUT2D eigenvalue weighted by Crippen LogP contribution is 2.29. The summed E-state index contributed by atoms with van der Waals surface area (Å²) in [6, 6.07) is 10.5. The van der Waals surface area contributed by atoms with Crippen molar-refractivity contribution in [1.82, 2.24) is 4.31 Å². The first kappa shape index (κ1) is 24.2. The number of halogens is 1. The number of benzene rings is 2. The first-order chi connectivity index (χ1) is 15.2. The molecule has 3 rings (SSSR count). The minimum Gasteiger partial charge on any atom is -0.377 e. The van der Waals surface area contributed by atoms with E-state index in [1.165, 1.54) is 16.4 Å². The van der Waals surface area contributed by atoms with Gasteiger partial charge in [-0.15, -0.1) is 0 Å². The molecule has 1 saturated carbocycles. The summed E-state index contributed by atoms with van der Waals surface area (Å²) in [5.74, 6) is -0.413. The van der Waals surface area contributed by atoms with Gasteiger partial charge in [-0.3, -0.25) is 4.79 Å². The lowest BCUT2D eigenvalue weighted by Crippen LogP contribution is -2.32. The molecule has 0 bridgehead atoms. The van der Waals surface area contributed by atoms with Gasteiger partial charge in [-0.25, -0.2) is 12.8 Å². The number of amides is 1. The van der Waals surface area contributed by atoms with E-state index >= 15 is 0 Å². The monoisotopic (exact) mass is 461 g/mol. The Hall–Kier alpha value is -2.45. The molecule has 2 aromatic rings. The van der Waals surface area contributed by atoms with E-state index in [1.807, 2.05) is 44.1 Å². The summed E-state index contributed by atoms with van der Waals surface area (Å²) < 4.78 is 41.3. The fourth-order valence-corrected chi connectivity index (χ4v) is 5.65. The lowest BCUT2D eigenvalue weighted by atomic mass is 10.1. The average molecular weight is 462 g/mol. The second-order valence-electron chi connectivity index (χ2n) is 8.50. The molecule has 32 heavy (non-hydrogen) atoms. The Kier molecular flexibility index (Phi) is 7.90. The van der Waals surface area contributed by atoms with Gasteiger partial charge < -0.3 is 10.2 Å². The zero-order valence-corrected chi connectivity index (χ0v) is 19.8. The van der Waals surface area contributed by atoms with E-state index in [-0.39, 0.29) is 23.3 Å². The van der Waals surface area contributed by atoms with Crippen molar-refractivity contribution in [3.05, 3.63) is 53.8 Å². The fraction of sp³-hybridized carbons (Fsp3) is 0.458. The third kappa shape index (κ3) is 5.66. The van der Waals surface area contributed by atoms with E-state index in [2.05, 4.69) is 5.32 Å². The van der Waals surface area contributed by atoms with E-state index in [1.54, 1.807) is 0 Å². The maximum atomic E-state index is 13.3. The molecule has 0 spiro atoms. The predicted octanol–water partition coefficient (Wildman–Crippen LogP) is 4.62. The Morgan fingerprint density at radius 2 is 1.75 bits per heavy atom. The van der Waals surface area contributed by atoms with Gasteiger partial charge in [0.1, 0.15) is 5.82 Å².